The number of hydrogen-bond acceptors (Lipinski definition) is 7. The molecule has 1 saturated heterocycles. The minimum absolute atomic E-state index is 0.0474. The molecule has 3 heterocycles. The minimum Gasteiger partial charge on any atom is -0.578 e. The first-order valence-electron chi connectivity index (χ1n) is 10.4. The van der Waals surface area contributed by atoms with Crippen molar-refractivity contribution in [3.63, 3.8) is 0 Å². The molecule has 3 aromatic rings. The Hall–Kier alpha value is -2.60. The van der Waals surface area contributed by atoms with Gasteiger partial charge in [0, 0.05) is 60.6 Å². The molecule has 0 spiro atoms. The Morgan fingerprint density at radius 1 is 1.25 bits per heavy atom. The summed E-state index contributed by atoms with van der Waals surface area (Å²) in [6.45, 7) is 4.42. The van der Waals surface area contributed by atoms with E-state index < -0.39 is 4.92 Å². The molecule has 1 atom stereocenters. The maximum absolute atomic E-state index is 12.8. The maximum atomic E-state index is 12.8. The zero-order chi connectivity index (χ0) is 23.0. The van der Waals surface area contributed by atoms with E-state index in [-0.39, 0.29) is 11.5 Å². The summed E-state index contributed by atoms with van der Waals surface area (Å²) in [6.07, 6.45) is 1.84. The molecule has 1 fully saturated rings. The van der Waals surface area contributed by atoms with Crippen molar-refractivity contribution < 1.29 is 14.9 Å². The van der Waals surface area contributed by atoms with Crippen molar-refractivity contribution >= 4 is 33.0 Å². The van der Waals surface area contributed by atoms with Crippen LogP contribution in [0.1, 0.15) is 11.8 Å². The summed E-state index contributed by atoms with van der Waals surface area (Å²) in [7, 11) is 2.95. The molecular formula is C22H27N5O4S. The fourth-order valence-corrected chi connectivity index (χ4v) is 5.26. The van der Waals surface area contributed by atoms with E-state index >= 15 is 0 Å². The number of fused-ring (bicyclic) bond motifs is 1. The first-order valence-corrected chi connectivity index (χ1v) is 11.2. The zero-order valence-corrected chi connectivity index (χ0v) is 19.2. The van der Waals surface area contributed by atoms with Gasteiger partial charge in [0.25, 0.3) is 5.56 Å². The van der Waals surface area contributed by atoms with Crippen LogP contribution in [0.2, 0.25) is 0 Å². The van der Waals surface area contributed by atoms with Gasteiger partial charge in [0.2, 0.25) is 5.91 Å². The van der Waals surface area contributed by atoms with E-state index in [1.54, 1.807) is 23.0 Å². The van der Waals surface area contributed by atoms with Crippen molar-refractivity contribution in [2.45, 2.75) is 13.5 Å². The first kappa shape index (κ1) is 22.6. The fourth-order valence-electron chi connectivity index (χ4n) is 4.04. The van der Waals surface area contributed by atoms with Crippen LogP contribution in [0.3, 0.4) is 0 Å². The summed E-state index contributed by atoms with van der Waals surface area (Å²) in [5, 5.41) is 26.3. The number of amides is 1. The summed E-state index contributed by atoms with van der Waals surface area (Å²) in [6, 6.07) is 9.55. The second-order valence-electron chi connectivity index (χ2n) is 8.24. The van der Waals surface area contributed by atoms with E-state index in [9.17, 15) is 20.0 Å². The van der Waals surface area contributed by atoms with Crippen LogP contribution in [0, 0.1) is 5.21 Å². The lowest BCUT2D eigenvalue weighted by molar-refractivity contribution is -1.14. The van der Waals surface area contributed by atoms with Gasteiger partial charge in [-0.3, -0.25) is 14.5 Å². The topological polar surface area (TPSA) is 101 Å². The molecule has 1 aliphatic rings. The van der Waals surface area contributed by atoms with E-state index in [1.807, 2.05) is 36.5 Å². The number of benzene rings is 1. The average molecular weight is 458 g/mol. The van der Waals surface area contributed by atoms with Crippen molar-refractivity contribution in [1.29, 1.82) is 0 Å². The molecule has 4 rings (SSSR count). The molecule has 1 aliphatic heterocycles. The lowest BCUT2D eigenvalue weighted by Crippen LogP contribution is -2.58. The van der Waals surface area contributed by atoms with Gasteiger partial charge in [0.1, 0.15) is 7.05 Å². The van der Waals surface area contributed by atoms with E-state index in [4.69, 9.17) is 0 Å². The lowest BCUT2D eigenvalue weighted by Gasteiger charge is -2.43. The number of pyridine rings is 1. The van der Waals surface area contributed by atoms with Gasteiger partial charge in [-0.1, -0.05) is 12.1 Å². The van der Waals surface area contributed by atoms with E-state index in [2.05, 4.69) is 10.2 Å². The molecule has 1 unspecified atom stereocenters. The number of quaternary nitrogens is 1. The highest BCUT2D eigenvalue weighted by atomic mass is 32.1. The molecule has 0 bridgehead atoms. The number of hydrogen-bond donors (Lipinski definition) is 2. The predicted octanol–water partition coefficient (Wildman–Crippen LogP) is 2.59. The lowest BCUT2D eigenvalue weighted by atomic mass is 10.1. The number of thiophene rings is 1. The van der Waals surface area contributed by atoms with Gasteiger partial charge in [0.05, 0.1) is 18.5 Å². The molecule has 0 radical (unpaired) electrons. The molecular weight excluding hydrogens is 430 g/mol. The third-order valence-electron chi connectivity index (χ3n) is 5.65. The molecule has 1 aromatic carbocycles. The number of rotatable bonds is 5. The Morgan fingerprint density at radius 3 is 2.62 bits per heavy atom. The van der Waals surface area contributed by atoms with Crippen LogP contribution in [0.25, 0.3) is 21.2 Å². The Kier molecular flexibility index (Phi) is 6.17. The van der Waals surface area contributed by atoms with Gasteiger partial charge in [-0.05, 0) is 23.8 Å². The molecule has 2 N–H and O–H groups in total. The summed E-state index contributed by atoms with van der Waals surface area (Å²) in [5.41, 5.74) is 2.53. The molecule has 9 nitrogen and oxygen atoms in total. The number of carbonyl (C=O) groups excluding carboxylic acids is 1. The number of anilines is 1. The fraction of sp³-hybridized carbons (Fsp3) is 0.364. The number of nitrogens with one attached hydrogen (secondary N) is 1. The number of aromatic nitrogens is 1. The Morgan fingerprint density at radius 2 is 1.97 bits per heavy atom. The SMILES string of the molecule is CC(=O)Nc1cccc(-c2cn(C)c(=O)c3cc(CN4CCN([N+](C)([O-])O)CC4)sc23)c1. The number of nitrogens with zero attached hydrogens (tertiary/aromatic N) is 4. The van der Waals surface area contributed by atoms with Gasteiger partial charge < -0.3 is 15.1 Å². The quantitative estimate of drug-likeness (QED) is 0.451. The van der Waals surface area contributed by atoms with Crippen LogP contribution >= 0.6 is 11.3 Å². The molecule has 0 saturated carbocycles. The van der Waals surface area contributed by atoms with Crippen LogP contribution in [0.4, 0.5) is 5.69 Å². The molecule has 10 heteroatoms. The number of carbonyl (C=O) groups is 1. The summed E-state index contributed by atoms with van der Waals surface area (Å²) < 4.78 is 2.51. The van der Waals surface area contributed by atoms with Crippen LogP contribution in [0.15, 0.2) is 41.3 Å². The highest BCUT2D eigenvalue weighted by Crippen LogP contribution is 2.34. The summed E-state index contributed by atoms with van der Waals surface area (Å²) in [5.74, 6) is -0.136. The molecule has 0 aliphatic carbocycles. The van der Waals surface area contributed by atoms with Gasteiger partial charge in [-0.25, -0.2) is 0 Å². The van der Waals surface area contributed by atoms with Crippen molar-refractivity contribution in [1.82, 2.24) is 14.5 Å². The van der Waals surface area contributed by atoms with Crippen LogP contribution in [0.5, 0.6) is 0 Å². The molecule has 2 aromatic heterocycles. The van der Waals surface area contributed by atoms with E-state index in [0.717, 1.165) is 20.7 Å². The summed E-state index contributed by atoms with van der Waals surface area (Å²) in [4.78, 5) is 26.2. The number of aryl methyl sites for hydroxylation is 1. The number of hydroxylamine groups is 2. The molecule has 1 amide bonds. The molecule has 32 heavy (non-hydrogen) atoms. The maximum Gasteiger partial charge on any atom is 0.259 e. The minimum atomic E-state index is -1.40. The Balaban J connectivity index is 1.64. The second-order valence-corrected chi connectivity index (χ2v) is 9.38. The monoisotopic (exact) mass is 457 g/mol. The van der Waals surface area contributed by atoms with Gasteiger partial charge in [0.15, 0.2) is 0 Å². The van der Waals surface area contributed by atoms with Gasteiger partial charge in [-0.15, -0.1) is 21.3 Å². The zero-order valence-electron chi connectivity index (χ0n) is 18.4. The predicted molar refractivity (Wildman–Crippen MR) is 125 cm³/mol. The standard InChI is InChI=1S/C22H27N5O4S/c1-15(28)23-17-6-4-5-16(11-17)20-14-24(2)22(29)19-12-18(32-21(19)20)13-25-7-9-26(10-8-25)27(3,30)31/h4-6,11-12,14,30H,7-10,13H2,1-3H3,(H,23,28). The van der Waals surface area contributed by atoms with Crippen LogP contribution in [-0.2, 0) is 18.4 Å². The second kappa shape index (κ2) is 8.74. The van der Waals surface area contributed by atoms with Gasteiger partial charge >= 0.3 is 0 Å². The molecule has 170 valence electrons. The van der Waals surface area contributed by atoms with Crippen LogP contribution in [-0.4, -0.2) is 63.7 Å². The number of piperazine rings is 1. The van der Waals surface area contributed by atoms with Crippen molar-refractivity contribution in [3.05, 3.63) is 57.0 Å². The van der Waals surface area contributed by atoms with E-state index in [1.165, 1.54) is 19.0 Å². The first-order chi connectivity index (χ1) is 15.1. The largest absolute Gasteiger partial charge is 0.578 e. The van der Waals surface area contributed by atoms with E-state index in [0.29, 0.717) is 43.8 Å². The smallest absolute Gasteiger partial charge is 0.259 e. The van der Waals surface area contributed by atoms with Crippen LogP contribution < -0.4 is 10.9 Å². The van der Waals surface area contributed by atoms with Gasteiger partial charge in [-0.2, -0.15) is 5.21 Å². The normalized spacial score (nSPS) is 17.4. The Labute approximate surface area is 189 Å². The highest BCUT2D eigenvalue weighted by Gasteiger charge is 2.26. The Bertz CT molecular complexity index is 1210. The van der Waals surface area contributed by atoms with Crippen molar-refractivity contribution in [2.24, 2.45) is 7.05 Å². The third-order valence-corrected chi connectivity index (χ3v) is 6.80. The third kappa shape index (κ3) is 4.75. The van der Waals surface area contributed by atoms with Crippen molar-refractivity contribution in [2.75, 3.05) is 38.5 Å². The summed E-state index contributed by atoms with van der Waals surface area (Å²) >= 11 is 1.59. The van der Waals surface area contributed by atoms with Crippen molar-refractivity contribution in [3.8, 4) is 11.1 Å². The highest BCUT2D eigenvalue weighted by molar-refractivity contribution is 7.19. The average Bonchev–Trinajstić information content (AvgIpc) is 3.14.